The molecule has 4 heterocycles. The first-order valence-electron chi connectivity index (χ1n) is 22.8. The van der Waals surface area contributed by atoms with E-state index in [9.17, 15) is 0 Å². The van der Waals surface area contributed by atoms with Gasteiger partial charge in [-0.2, -0.15) is 0 Å². The molecule has 10 aromatic rings. The van der Waals surface area contributed by atoms with E-state index in [1.165, 1.54) is 70.8 Å². The first kappa shape index (κ1) is 38.0. The summed E-state index contributed by atoms with van der Waals surface area (Å²) in [5.74, 6) is 1.13. The first-order chi connectivity index (χ1) is 32.2. The zero-order chi connectivity index (χ0) is 42.8. The van der Waals surface area contributed by atoms with Crippen molar-refractivity contribution in [3.8, 4) is 11.4 Å². The number of thioether (sulfide) groups is 1. The normalized spacial score (nSPS) is 19.9. The Balaban J connectivity index is 0.943. The van der Waals surface area contributed by atoms with Crippen molar-refractivity contribution >= 4 is 72.5 Å². The van der Waals surface area contributed by atoms with Crippen molar-refractivity contribution in [1.29, 1.82) is 0 Å². The number of amidine groups is 1. The van der Waals surface area contributed by atoms with Crippen LogP contribution >= 0.6 is 11.8 Å². The average molecular weight is 853 g/mol. The van der Waals surface area contributed by atoms with Crippen LogP contribution in [-0.2, 0) is 0 Å². The van der Waals surface area contributed by atoms with E-state index in [4.69, 9.17) is 9.98 Å². The first-order valence-corrected chi connectivity index (χ1v) is 23.7. The Morgan fingerprint density at radius 1 is 0.523 bits per heavy atom. The summed E-state index contributed by atoms with van der Waals surface area (Å²) < 4.78 is 4.91. The Labute approximate surface area is 382 Å². The van der Waals surface area contributed by atoms with Crippen molar-refractivity contribution in [3.05, 3.63) is 240 Å². The van der Waals surface area contributed by atoms with Gasteiger partial charge >= 0.3 is 0 Å². The van der Waals surface area contributed by atoms with Crippen LogP contribution in [0, 0.1) is 0 Å². The number of aliphatic imine (C=N–C) groups is 2. The van der Waals surface area contributed by atoms with E-state index in [-0.39, 0.29) is 6.04 Å². The lowest BCUT2D eigenvalue weighted by atomic mass is 9.81. The molecule has 0 fully saturated rings. The van der Waals surface area contributed by atoms with Crippen LogP contribution in [0.2, 0.25) is 0 Å². The van der Waals surface area contributed by atoms with E-state index < -0.39 is 0 Å². The van der Waals surface area contributed by atoms with Gasteiger partial charge in [0.25, 0.3) is 0 Å². The number of allylic oxidation sites excluding steroid dienone is 3. The fourth-order valence-corrected chi connectivity index (χ4v) is 12.2. The summed E-state index contributed by atoms with van der Waals surface area (Å²) in [6.45, 7) is 0. The molecule has 3 atom stereocenters. The summed E-state index contributed by atoms with van der Waals surface area (Å²) in [6, 6.07) is 70.7. The van der Waals surface area contributed by atoms with Crippen LogP contribution in [0.4, 0.5) is 0 Å². The van der Waals surface area contributed by atoms with Crippen LogP contribution in [0.25, 0.3) is 60.6 Å². The van der Waals surface area contributed by atoms with Gasteiger partial charge < -0.3 is 9.13 Å². The third-order valence-corrected chi connectivity index (χ3v) is 15.1. The zero-order valence-corrected chi connectivity index (χ0v) is 36.6. The lowest BCUT2D eigenvalue weighted by molar-refractivity contribution is 0.620. The Morgan fingerprint density at radius 2 is 1.12 bits per heavy atom. The quantitative estimate of drug-likeness (QED) is 0.164. The number of benzene rings is 8. The highest BCUT2D eigenvalue weighted by Gasteiger charge is 2.36. The summed E-state index contributed by atoms with van der Waals surface area (Å²) in [4.78, 5) is 12.5. The second kappa shape index (κ2) is 15.7. The topological polar surface area (TPSA) is 34.6 Å². The minimum absolute atomic E-state index is 0.00974. The van der Waals surface area contributed by atoms with Gasteiger partial charge in [-0.05, 0) is 102 Å². The number of fused-ring (bicyclic) bond motifs is 10. The van der Waals surface area contributed by atoms with E-state index >= 15 is 0 Å². The molecule has 310 valence electrons. The van der Waals surface area contributed by atoms with Gasteiger partial charge in [0.2, 0.25) is 0 Å². The van der Waals surface area contributed by atoms with E-state index in [1.807, 2.05) is 11.8 Å². The Morgan fingerprint density at radius 3 is 1.80 bits per heavy atom. The summed E-state index contributed by atoms with van der Waals surface area (Å²) in [5.41, 5.74) is 15.7. The van der Waals surface area contributed by atoms with Crippen molar-refractivity contribution < 1.29 is 0 Å². The highest BCUT2D eigenvalue weighted by molar-refractivity contribution is 8.00. The molecule has 0 saturated carbocycles. The molecule has 2 unspecified atom stereocenters. The number of para-hydroxylation sites is 3. The Bertz CT molecular complexity index is 3590. The smallest absolute Gasteiger partial charge is 0.155 e. The monoisotopic (exact) mass is 852 g/mol. The molecule has 2 aromatic heterocycles. The molecule has 3 aliphatic rings. The van der Waals surface area contributed by atoms with Crippen LogP contribution in [0.15, 0.2) is 227 Å². The van der Waals surface area contributed by atoms with Gasteiger partial charge in [-0.1, -0.05) is 158 Å². The van der Waals surface area contributed by atoms with Crippen molar-refractivity contribution in [2.24, 2.45) is 9.98 Å². The molecule has 2 aliphatic heterocycles. The predicted molar refractivity (Wildman–Crippen MR) is 274 cm³/mol. The number of nitrogens with zero attached hydrogens (tertiary/aromatic N) is 4. The molecule has 65 heavy (non-hydrogen) atoms. The molecule has 0 N–H and O–H groups in total. The van der Waals surface area contributed by atoms with E-state index in [1.54, 1.807) is 0 Å². The Hall–Kier alpha value is -7.47. The van der Waals surface area contributed by atoms with Crippen molar-refractivity contribution in [2.45, 2.75) is 41.4 Å². The zero-order valence-electron chi connectivity index (χ0n) is 35.8. The predicted octanol–water partition coefficient (Wildman–Crippen LogP) is 15.3. The lowest BCUT2D eigenvalue weighted by Crippen LogP contribution is -2.13. The third kappa shape index (κ3) is 6.36. The van der Waals surface area contributed by atoms with E-state index in [0.717, 1.165) is 53.3 Å². The van der Waals surface area contributed by atoms with Crippen LogP contribution in [0.3, 0.4) is 0 Å². The summed E-state index contributed by atoms with van der Waals surface area (Å²) >= 11 is 2.00. The molecule has 13 rings (SSSR count). The van der Waals surface area contributed by atoms with E-state index in [0.29, 0.717) is 11.2 Å². The van der Waals surface area contributed by atoms with Gasteiger partial charge in [-0.15, -0.1) is 11.8 Å². The fraction of sp³-hybridized carbons (Fsp3) is 0.100. The second-order valence-electron chi connectivity index (χ2n) is 17.5. The minimum Gasteiger partial charge on any atom is -0.307 e. The van der Waals surface area contributed by atoms with Crippen LogP contribution < -0.4 is 0 Å². The van der Waals surface area contributed by atoms with Crippen molar-refractivity contribution in [2.75, 3.05) is 0 Å². The SMILES string of the molecule is C1=C[C@H]2Sc3cc(C4CCC/C(c5ccccc5)=N\C(c5ccc(-n6c7ccccc7c7ccc8c9ccccc9n(-c9ccccc9)c8c76)cc5)=N/4)ccc3C2C(c2ccccc2)=C1. The molecular formula is C60H44N4S. The van der Waals surface area contributed by atoms with Crippen molar-refractivity contribution in [1.82, 2.24) is 9.13 Å². The number of aromatic nitrogens is 2. The van der Waals surface area contributed by atoms with Gasteiger partial charge in [-0.25, -0.2) is 4.99 Å². The van der Waals surface area contributed by atoms with Gasteiger partial charge in [-0.3, -0.25) is 4.99 Å². The molecule has 8 aromatic carbocycles. The van der Waals surface area contributed by atoms with E-state index in [2.05, 4.69) is 221 Å². The second-order valence-corrected chi connectivity index (χ2v) is 18.7. The highest BCUT2D eigenvalue weighted by atomic mass is 32.2. The molecule has 0 bridgehead atoms. The third-order valence-electron chi connectivity index (χ3n) is 13.8. The van der Waals surface area contributed by atoms with Gasteiger partial charge in [0.15, 0.2) is 5.84 Å². The summed E-state index contributed by atoms with van der Waals surface area (Å²) in [7, 11) is 0. The Kier molecular flexibility index (Phi) is 9.16. The maximum Gasteiger partial charge on any atom is 0.155 e. The summed E-state index contributed by atoms with van der Waals surface area (Å²) in [5, 5.41) is 5.34. The van der Waals surface area contributed by atoms with Crippen molar-refractivity contribution in [3.63, 3.8) is 0 Å². The van der Waals surface area contributed by atoms with Gasteiger partial charge in [0.05, 0.1) is 33.8 Å². The average Bonchev–Trinajstić information content (AvgIpc) is 4.03. The minimum atomic E-state index is -0.00974. The maximum atomic E-state index is 5.62. The van der Waals surface area contributed by atoms with Gasteiger partial charge in [0.1, 0.15) is 0 Å². The highest BCUT2D eigenvalue weighted by Crippen LogP contribution is 2.54. The maximum absolute atomic E-state index is 5.62. The van der Waals surface area contributed by atoms with Crippen LogP contribution in [-0.4, -0.2) is 25.9 Å². The van der Waals surface area contributed by atoms with Crippen LogP contribution in [0.5, 0.6) is 0 Å². The molecule has 4 nitrogen and oxygen atoms in total. The fourth-order valence-electron chi connectivity index (χ4n) is 10.8. The molecule has 0 saturated heterocycles. The van der Waals surface area contributed by atoms with Crippen LogP contribution in [0.1, 0.15) is 59.0 Å². The molecule has 1 aliphatic carbocycles. The number of hydrogen-bond donors (Lipinski definition) is 0. The summed E-state index contributed by atoms with van der Waals surface area (Å²) in [6.07, 6.45) is 9.78. The molecule has 5 heteroatoms. The number of hydrogen-bond acceptors (Lipinski definition) is 3. The molecule has 0 spiro atoms. The largest absolute Gasteiger partial charge is 0.307 e. The standard InChI is InChI=1S/C60H44N4S/c1-4-16-39(17-5-1)45-24-14-29-55-57(45)50-35-32-42(38-56(50)65-55)52-26-15-25-51(40-18-6-2-7-19-40)61-60(62-52)41-30-33-44(34-31-41)64-54-28-13-11-23-47(54)49-37-36-48-46-22-10-12-27-53(46)63(58(48)59(49)64)43-20-8-3-9-21-43/h1-14,16-24,27-38,52,55,57H,15,25-26H2/b61-51+,62-60-/t52?,55-,57?/m1/s1. The van der Waals surface area contributed by atoms with Gasteiger partial charge in [0, 0.05) is 54.5 Å². The molecule has 0 radical (unpaired) electrons. The number of rotatable bonds is 6. The lowest BCUT2D eigenvalue weighted by Gasteiger charge is -2.24. The molecular weight excluding hydrogens is 809 g/mol. The molecule has 0 amide bonds.